The topological polar surface area (TPSA) is 49.4 Å². The summed E-state index contributed by atoms with van der Waals surface area (Å²) in [5, 5.41) is 3.52. The van der Waals surface area contributed by atoms with E-state index in [1.807, 2.05) is 32.0 Å². The van der Waals surface area contributed by atoms with Crippen molar-refractivity contribution in [3.8, 4) is 0 Å². The first-order chi connectivity index (χ1) is 10.0. The van der Waals surface area contributed by atoms with Gasteiger partial charge >= 0.3 is 0 Å². The number of hydrogen-bond acceptors (Lipinski definition) is 2. The van der Waals surface area contributed by atoms with Gasteiger partial charge in [0, 0.05) is 30.6 Å². The molecule has 1 aliphatic heterocycles. The second kappa shape index (κ2) is 6.94. The van der Waals surface area contributed by atoms with Crippen molar-refractivity contribution in [3.63, 3.8) is 0 Å². The first-order valence-corrected chi connectivity index (χ1v) is 7.71. The van der Waals surface area contributed by atoms with Crippen LogP contribution in [-0.4, -0.2) is 29.3 Å². The Morgan fingerprint density at radius 3 is 2.86 bits per heavy atom. The molecule has 2 rings (SSSR count). The Kier molecular flexibility index (Phi) is 5.23. The molecule has 0 saturated carbocycles. The van der Waals surface area contributed by atoms with Crippen LogP contribution < -0.4 is 5.32 Å². The number of carbonyl (C=O) groups excluding carboxylic acids is 2. The van der Waals surface area contributed by atoms with E-state index < -0.39 is 0 Å². The normalized spacial score (nSPS) is 19.7. The molecule has 1 aliphatic rings. The van der Waals surface area contributed by atoms with E-state index in [9.17, 15) is 9.59 Å². The van der Waals surface area contributed by atoms with Crippen LogP contribution in [0.1, 0.15) is 32.3 Å². The Labute approximate surface area is 130 Å². The Hall–Kier alpha value is -1.55. The highest BCUT2D eigenvalue weighted by Crippen LogP contribution is 2.22. The molecule has 2 atom stereocenters. The third-order valence-corrected chi connectivity index (χ3v) is 4.43. The summed E-state index contributed by atoms with van der Waals surface area (Å²) in [6.07, 6.45) is 1.21. The van der Waals surface area contributed by atoms with Gasteiger partial charge in [-0.25, -0.2) is 0 Å². The number of nitrogens with one attached hydrogen (secondary N) is 1. The van der Waals surface area contributed by atoms with E-state index in [1.165, 1.54) is 0 Å². The van der Waals surface area contributed by atoms with Crippen LogP contribution in [-0.2, 0) is 16.1 Å². The largest absolute Gasteiger partial charge is 0.352 e. The maximum Gasteiger partial charge on any atom is 0.225 e. The molecule has 0 radical (unpaired) electrons. The first kappa shape index (κ1) is 15.8. The van der Waals surface area contributed by atoms with Gasteiger partial charge in [-0.05, 0) is 25.0 Å². The Morgan fingerprint density at radius 2 is 2.19 bits per heavy atom. The van der Waals surface area contributed by atoms with Gasteiger partial charge in [-0.15, -0.1) is 0 Å². The molecule has 0 bridgehead atoms. The quantitative estimate of drug-likeness (QED) is 0.909. The smallest absolute Gasteiger partial charge is 0.225 e. The zero-order chi connectivity index (χ0) is 15.4. The molecule has 4 nitrogen and oxygen atoms in total. The third-order valence-electron chi connectivity index (χ3n) is 4.06. The summed E-state index contributed by atoms with van der Waals surface area (Å²) < 4.78 is 0. The summed E-state index contributed by atoms with van der Waals surface area (Å²) in [5.74, 6) is -0.259. The van der Waals surface area contributed by atoms with E-state index in [1.54, 1.807) is 11.0 Å². The van der Waals surface area contributed by atoms with Crippen LogP contribution >= 0.6 is 11.6 Å². The SMILES string of the molecule is CCC(C)N1CC(C(=O)NCc2ccccc2Cl)CC1=O. The Bertz CT molecular complexity index is 533. The maximum atomic E-state index is 12.2. The number of carbonyl (C=O) groups is 2. The molecule has 1 aromatic rings. The molecule has 1 fully saturated rings. The van der Waals surface area contributed by atoms with Crippen molar-refractivity contribution in [1.29, 1.82) is 0 Å². The lowest BCUT2D eigenvalue weighted by Gasteiger charge is -2.23. The van der Waals surface area contributed by atoms with E-state index in [4.69, 9.17) is 11.6 Å². The molecule has 1 N–H and O–H groups in total. The van der Waals surface area contributed by atoms with Gasteiger partial charge < -0.3 is 10.2 Å². The predicted molar refractivity (Wildman–Crippen MR) is 82.9 cm³/mol. The van der Waals surface area contributed by atoms with Crippen molar-refractivity contribution in [2.75, 3.05) is 6.54 Å². The molecule has 1 heterocycles. The second-order valence-corrected chi connectivity index (χ2v) is 5.92. The Morgan fingerprint density at radius 1 is 1.48 bits per heavy atom. The summed E-state index contributed by atoms with van der Waals surface area (Å²) >= 11 is 6.06. The molecule has 2 unspecified atom stereocenters. The van der Waals surface area contributed by atoms with Crippen LogP contribution in [0.3, 0.4) is 0 Å². The third kappa shape index (κ3) is 3.76. The van der Waals surface area contributed by atoms with Crippen molar-refractivity contribution in [2.24, 2.45) is 5.92 Å². The Balaban J connectivity index is 1.90. The molecule has 0 aliphatic carbocycles. The minimum Gasteiger partial charge on any atom is -0.352 e. The van der Waals surface area contributed by atoms with E-state index in [0.29, 0.717) is 24.5 Å². The zero-order valence-corrected chi connectivity index (χ0v) is 13.2. The highest BCUT2D eigenvalue weighted by atomic mass is 35.5. The number of halogens is 1. The lowest BCUT2D eigenvalue weighted by atomic mass is 10.1. The van der Waals surface area contributed by atoms with E-state index in [0.717, 1.165) is 12.0 Å². The van der Waals surface area contributed by atoms with Gasteiger partial charge in [0.1, 0.15) is 0 Å². The summed E-state index contributed by atoms with van der Waals surface area (Å²) in [6.45, 7) is 4.97. The highest BCUT2D eigenvalue weighted by molar-refractivity contribution is 6.31. The molecule has 0 spiro atoms. The van der Waals surface area contributed by atoms with Gasteiger partial charge in [0.25, 0.3) is 0 Å². The molecule has 1 aromatic carbocycles. The molecule has 0 aromatic heterocycles. The van der Waals surface area contributed by atoms with Gasteiger partial charge in [0.2, 0.25) is 11.8 Å². The summed E-state index contributed by atoms with van der Waals surface area (Å²) in [7, 11) is 0. The fourth-order valence-electron chi connectivity index (χ4n) is 2.52. The van der Waals surface area contributed by atoms with Gasteiger partial charge in [-0.2, -0.15) is 0 Å². The molecular formula is C16H21ClN2O2. The fourth-order valence-corrected chi connectivity index (χ4v) is 2.72. The van der Waals surface area contributed by atoms with Gasteiger partial charge in [0.05, 0.1) is 5.92 Å². The number of benzene rings is 1. The number of hydrogen-bond donors (Lipinski definition) is 1. The van der Waals surface area contributed by atoms with Crippen LogP contribution in [0.15, 0.2) is 24.3 Å². The fraction of sp³-hybridized carbons (Fsp3) is 0.500. The van der Waals surface area contributed by atoms with Gasteiger partial charge in [0.15, 0.2) is 0 Å². The van der Waals surface area contributed by atoms with Crippen molar-refractivity contribution in [2.45, 2.75) is 39.3 Å². The zero-order valence-electron chi connectivity index (χ0n) is 12.4. The molecule has 21 heavy (non-hydrogen) atoms. The number of amides is 2. The van der Waals surface area contributed by atoms with Crippen molar-refractivity contribution < 1.29 is 9.59 Å². The average Bonchev–Trinajstić information content (AvgIpc) is 2.87. The number of rotatable bonds is 5. The predicted octanol–water partition coefficient (Wildman–Crippen LogP) is 2.60. The van der Waals surface area contributed by atoms with E-state index in [2.05, 4.69) is 5.32 Å². The van der Waals surface area contributed by atoms with E-state index >= 15 is 0 Å². The number of likely N-dealkylation sites (tertiary alicyclic amines) is 1. The van der Waals surface area contributed by atoms with Crippen LogP contribution in [0.2, 0.25) is 5.02 Å². The molecule has 114 valence electrons. The minimum absolute atomic E-state index is 0.0715. The van der Waals surface area contributed by atoms with Crippen LogP contribution in [0, 0.1) is 5.92 Å². The van der Waals surface area contributed by atoms with Crippen LogP contribution in [0.25, 0.3) is 0 Å². The van der Waals surface area contributed by atoms with Crippen molar-refractivity contribution in [3.05, 3.63) is 34.9 Å². The summed E-state index contributed by atoms with van der Waals surface area (Å²) in [6, 6.07) is 7.62. The second-order valence-electron chi connectivity index (χ2n) is 5.51. The van der Waals surface area contributed by atoms with Crippen molar-refractivity contribution >= 4 is 23.4 Å². The maximum absolute atomic E-state index is 12.2. The molecule has 2 amide bonds. The average molecular weight is 309 g/mol. The van der Waals surface area contributed by atoms with E-state index in [-0.39, 0.29) is 23.8 Å². The highest BCUT2D eigenvalue weighted by Gasteiger charge is 2.35. The standard InChI is InChI=1S/C16H21ClN2O2/c1-3-11(2)19-10-13(8-15(19)20)16(21)18-9-12-6-4-5-7-14(12)17/h4-7,11,13H,3,8-10H2,1-2H3,(H,18,21). The van der Waals surface area contributed by atoms with Crippen molar-refractivity contribution in [1.82, 2.24) is 10.2 Å². The molecular weight excluding hydrogens is 288 g/mol. The van der Waals surface area contributed by atoms with Crippen LogP contribution in [0.4, 0.5) is 0 Å². The lowest BCUT2D eigenvalue weighted by Crippen LogP contribution is -2.36. The molecule has 1 saturated heterocycles. The number of nitrogens with zero attached hydrogens (tertiary/aromatic N) is 1. The monoisotopic (exact) mass is 308 g/mol. The molecule has 5 heteroatoms. The van der Waals surface area contributed by atoms with Gasteiger partial charge in [-0.1, -0.05) is 36.7 Å². The van der Waals surface area contributed by atoms with Crippen LogP contribution in [0.5, 0.6) is 0 Å². The summed E-state index contributed by atoms with van der Waals surface area (Å²) in [5.41, 5.74) is 0.885. The lowest BCUT2D eigenvalue weighted by molar-refractivity contribution is -0.130. The van der Waals surface area contributed by atoms with Gasteiger partial charge in [-0.3, -0.25) is 9.59 Å². The minimum atomic E-state index is -0.256. The first-order valence-electron chi connectivity index (χ1n) is 7.33. The summed E-state index contributed by atoms with van der Waals surface area (Å²) in [4.78, 5) is 25.9.